The summed E-state index contributed by atoms with van der Waals surface area (Å²) in [6, 6.07) is 14.7. The standard InChI is InChI=1S/C18H15ClO5/c1-23-17(21)14-9-7-13(8-10-14)16(20)15(19)18(22)24-11-12-5-3-2-4-6-12/h2-10,15H,11H2,1H3. The van der Waals surface area contributed by atoms with Crippen LogP contribution >= 0.6 is 11.6 Å². The van der Waals surface area contributed by atoms with Crippen molar-refractivity contribution in [2.24, 2.45) is 0 Å². The lowest BCUT2D eigenvalue weighted by Gasteiger charge is -2.09. The number of rotatable bonds is 6. The summed E-state index contributed by atoms with van der Waals surface area (Å²) >= 11 is 5.90. The van der Waals surface area contributed by atoms with E-state index in [1.54, 1.807) is 12.1 Å². The van der Waals surface area contributed by atoms with Crippen molar-refractivity contribution in [3.63, 3.8) is 0 Å². The molecule has 0 aliphatic carbocycles. The van der Waals surface area contributed by atoms with E-state index < -0.39 is 23.1 Å². The van der Waals surface area contributed by atoms with E-state index in [2.05, 4.69) is 4.74 Å². The Morgan fingerprint density at radius 1 is 0.958 bits per heavy atom. The molecule has 0 aliphatic heterocycles. The molecule has 2 aromatic carbocycles. The summed E-state index contributed by atoms with van der Waals surface area (Å²) in [6.45, 7) is 0.0391. The molecule has 0 amide bonds. The molecule has 0 heterocycles. The minimum Gasteiger partial charge on any atom is -0.465 e. The summed E-state index contributed by atoms with van der Waals surface area (Å²) in [5, 5.41) is -1.45. The quantitative estimate of drug-likeness (QED) is 0.348. The van der Waals surface area contributed by atoms with E-state index in [0.29, 0.717) is 5.56 Å². The van der Waals surface area contributed by atoms with Gasteiger partial charge in [-0.2, -0.15) is 0 Å². The number of benzene rings is 2. The number of esters is 2. The van der Waals surface area contributed by atoms with Crippen LogP contribution in [0.25, 0.3) is 0 Å². The Hall–Kier alpha value is -2.66. The minimum absolute atomic E-state index is 0.0391. The Balaban J connectivity index is 1.98. The molecule has 1 atom stereocenters. The molecule has 2 rings (SSSR count). The smallest absolute Gasteiger partial charge is 0.337 e. The van der Waals surface area contributed by atoms with Crippen molar-refractivity contribution in [1.29, 1.82) is 0 Å². The zero-order valence-electron chi connectivity index (χ0n) is 12.9. The van der Waals surface area contributed by atoms with Gasteiger partial charge in [-0.25, -0.2) is 9.59 Å². The number of halogens is 1. The largest absolute Gasteiger partial charge is 0.465 e. The number of alkyl halides is 1. The van der Waals surface area contributed by atoms with Crippen LogP contribution in [-0.2, 0) is 20.9 Å². The van der Waals surface area contributed by atoms with Crippen molar-refractivity contribution >= 4 is 29.3 Å². The number of ketones is 1. The number of ether oxygens (including phenoxy) is 2. The lowest BCUT2D eigenvalue weighted by atomic mass is 10.1. The third-order valence-corrected chi connectivity index (χ3v) is 3.63. The van der Waals surface area contributed by atoms with Crippen molar-refractivity contribution < 1.29 is 23.9 Å². The zero-order valence-corrected chi connectivity index (χ0v) is 13.7. The molecule has 0 spiro atoms. The molecule has 124 valence electrons. The molecule has 24 heavy (non-hydrogen) atoms. The van der Waals surface area contributed by atoms with E-state index in [1.165, 1.54) is 31.4 Å². The fourth-order valence-corrected chi connectivity index (χ4v) is 2.13. The lowest BCUT2D eigenvalue weighted by molar-refractivity contribution is -0.143. The van der Waals surface area contributed by atoms with Gasteiger partial charge in [-0.3, -0.25) is 4.79 Å². The van der Waals surface area contributed by atoms with E-state index >= 15 is 0 Å². The van der Waals surface area contributed by atoms with Crippen LogP contribution in [0.1, 0.15) is 26.3 Å². The summed E-state index contributed by atoms with van der Waals surface area (Å²) in [4.78, 5) is 35.5. The van der Waals surface area contributed by atoms with Crippen LogP contribution in [0.3, 0.4) is 0 Å². The first-order valence-electron chi connectivity index (χ1n) is 7.10. The van der Waals surface area contributed by atoms with Crippen LogP contribution in [0.4, 0.5) is 0 Å². The van der Waals surface area contributed by atoms with Crippen LogP contribution in [0.5, 0.6) is 0 Å². The van der Waals surface area contributed by atoms with Gasteiger partial charge in [-0.1, -0.05) is 42.5 Å². The maximum absolute atomic E-state index is 12.2. The van der Waals surface area contributed by atoms with E-state index in [1.807, 2.05) is 18.2 Å². The second-order valence-electron chi connectivity index (χ2n) is 4.89. The molecule has 0 aromatic heterocycles. The molecule has 5 nitrogen and oxygen atoms in total. The average molecular weight is 347 g/mol. The summed E-state index contributed by atoms with van der Waals surface area (Å²) in [7, 11) is 1.26. The molecule has 6 heteroatoms. The van der Waals surface area contributed by atoms with Gasteiger partial charge >= 0.3 is 11.9 Å². The highest BCUT2D eigenvalue weighted by Crippen LogP contribution is 2.13. The fourth-order valence-electron chi connectivity index (χ4n) is 1.94. The SMILES string of the molecule is COC(=O)c1ccc(C(=O)C(Cl)C(=O)OCc2ccccc2)cc1. The van der Waals surface area contributed by atoms with Gasteiger partial charge in [0, 0.05) is 5.56 Å². The predicted octanol–water partition coefficient (Wildman–Crippen LogP) is 3.01. The number of hydrogen-bond donors (Lipinski definition) is 0. The first kappa shape index (κ1) is 17.7. The third kappa shape index (κ3) is 4.43. The van der Waals surface area contributed by atoms with E-state index in [-0.39, 0.29) is 12.2 Å². The summed E-state index contributed by atoms with van der Waals surface area (Å²) in [5.74, 6) is -1.92. The molecule has 0 radical (unpaired) electrons. The third-order valence-electron chi connectivity index (χ3n) is 3.25. The van der Waals surface area contributed by atoms with Gasteiger partial charge in [0.2, 0.25) is 0 Å². The summed E-state index contributed by atoms with van der Waals surface area (Å²) in [6.07, 6.45) is 0. The Morgan fingerprint density at radius 3 is 2.12 bits per heavy atom. The Kier molecular flexibility index (Phi) is 6.09. The second kappa shape index (κ2) is 8.26. The van der Waals surface area contributed by atoms with Gasteiger partial charge < -0.3 is 9.47 Å². The van der Waals surface area contributed by atoms with Crippen LogP contribution < -0.4 is 0 Å². The lowest BCUT2D eigenvalue weighted by Crippen LogP contribution is -2.27. The molecule has 1 unspecified atom stereocenters. The molecule has 0 fully saturated rings. The highest BCUT2D eigenvalue weighted by atomic mass is 35.5. The maximum Gasteiger partial charge on any atom is 0.337 e. The average Bonchev–Trinajstić information content (AvgIpc) is 2.65. The van der Waals surface area contributed by atoms with Gasteiger partial charge in [0.25, 0.3) is 0 Å². The highest BCUT2D eigenvalue weighted by molar-refractivity contribution is 6.43. The normalized spacial score (nSPS) is 11.4. The molecule has 0 N–H and O–H groups in total. The Bertz CT molecular complexity index is 725. The molecule has 0 aliphatic rings. The van der Waals surface area contributed by atoms with Crippen LogP contribution in [0.15, 0.2) is 54.6 Å². The number of hydrogen-bond acceptors (Lipinski definition) is 5. The fraction of sp³-hybridized carbons (Fsp3) is 0.167. The number of carbonyl (C=O) groups excluding carboxylic acids is 3. The topological polar surface area (TPSA) is 69.7 Å². The first-order chi connectivity index (χ1) is 11.5. The molecule has 0 saturated heterocycles. The minimum atomic E-state index is -1.45. The maximum atomic E-state index is 12.2. The number of carbonyl (C=O) groups is 3. The van der Waals surface area contributed by atoms with Crippen molar-refractivity contribution in [3.05, 3.63) is 71.3 Å². The van der Waals surface area contributed by atoms with Crippen molar-refractivity contribution in [2.75, 3.05) is 7.11 Å². The van der Waals surface area contributed by atoms with Gasteiger partial charge in [0.15, 0.2) is 11.2 Å². The Labute approximate surface area is 144 Å². The van der Waals surface area contributed by atoms with E-state index in [0.717, 1.165) is 5.56 Å². The highest BCUT2D eigenvalue weighted by Gasteiger charge is 2.27. The second-order valence-corrected chi connectivity index (χ2v) is 5.33. The van der Waals surface area contributed by atoms with Crippen molar-refractivity contribution in [1.82, 2.24) is 0 Å². The van der Waals surface area contributed by atoms with Crippen LogP contribution in [-0.4, -0.2) is 30.2 Å². The Morgan fingerprint density at radius 2 is 1.54 bits per heavy atom. The van der Waals surface area contributed by atoms with Gasteiger partial charge in [-0.05, 0) is 17.7 Å². The van der Waals surface area contributed by atoms with Crippen LogP contribution in [0.2, 0.25) is 0 Å². The number of Topliss-reactive ketones (excluding diaryl/α,β-unsaturated/α-hetero) is 1. The van der Waals surface area contributed by atoms with E-state index in [9.17, 15) is 14.4 Å². The van der Waals surface area contributed by atoms with Gasteiger partial charge in [0.05, 0.1) is 12.7 Å². The van der Waals surface area contributed by atoms with Gasteiger partial charge in [-0.15, -0.1) is 11.6 Å². The molecule has 0 saturated carbocycles. The first-order valence-corrected chi connectivity index (χ1v) is 7.54. The van der Waals surface area contributed by atoms with Crippen LogP contribution in [0, 0.1) is 0 Å². The molecule has 0 bridgehead atoms. The van der Waals surface area contributed by atoms with Gasteiger partial charge in [0.1, 0.15) is 6.61 Å². The predicted molar refractivity (Wildman–Crippen MR) is 88.0 cm³/mol. The molecule has 2 aromatic rings. The monoisotopic (exact) mass is 346 g/mol. The number of methoxy groups -OCH3 is 1. The van der Waals surface area contributed by atoms with Crippen molar-refractivity contribution in [2.45, 2.75) is 12.0 Å². The van der Waals surface area contributed by atoms with E-state index in [4.69, 9.17) is 16.3 Å². The summed E-state index contributed by atoms with van der Waals surface area (Å²) in [5.41, 5.74) is 1.30. The van der Waals surface area contributed by atoms with Crippen molar-refractivity contribution in [3.8, 4) is 0 Å². The molecular weight excluding hydrogens is 332 g/mol. The zero-order chi connectivity index (χ0) is 17.5. The summed E-state index contributed by atoms with van der Waals surface area (Å²) < 4.78 is 9.62. The molecular formula is C18H15ClO5.